The first-order chi connectivity index (χ1) is 9.29. The van der Waals surface area contributed by atoms with Gasteiger partial charge in [0, 0.05) is 4.90 Å². The minimum atomic E-state index is -3.62. The second-order valence-corrected chi connectivity index (χ2v) is 7.38. The Hall–Kier alpha value is -1.54. The van der Waals surface area contributed by atoms with Crippen LogP contribution in [-0.2, 0) is 10.0 Å². The van der Waals surface area contributed by atoms with Gasteiger partial charge in [-0.3, -0.25) is 9.69 Å². The average Bonchev–Trinajstić information content (AvgIpc) is 2.74. The lowest BCUT2D eigenvalue weighted by atomic mass is 10.2. The summed E-state index contributed by atoms with van der Waals surface area (Å²) in [6.45, 7) is 2.03. The van der Waals surface area contributed by atoms with Crippen LogP contribution in [0.25, 0.3) is 0 Å². The molecule has 3 amide bonds. The van der Waals surface area contributed by atoms with Crippen molar-refractivity contribution < 1.29 is 18.0 Å². The Bertz CT molecular complexity index is 640. The third-order valence-corrected chi connectivity index (χ3v) is 4.86. The van der Waals surface area contributed by atoms with E-state index in [9.17, 15) is 18.0 Å². The highest BCUT2D eigenvalue weighted by molar-refractivity contribution is 8.13. The predicted octanol–water partition coefficient (Wildman–Crippen LogP) is 1.90. The lowest BCUT2D eigenvalue weighted by molar-refractivity contribution is 0.206. The molecule has 1 saturated heterocycles. The van der Waals surface area contributed by atoms with Crippen LogP contribution in [0.1, 0.15) is 5.56 Å². The minimum Gasteiger partial charge on any atom is -0.261 e. The average molecular weight is 314 g/mol. The standard InChI is InChI=1S/C12H14N2O4S2/c1-9-3-5-10(6-4-9)19-12(16)13-7-8-14(11(13)15)20(2,17)18/h3-6H,7-8H2,1-2H3. The van der Waals surface area contributed by atoms with Crippen molar-refractivity contribution in [2.24, 2.45) is 0 Å². The van der Waals surface area contributed by atoms with Crippen LogP contribution in [0, 0.1) is 6.92 Å². The third kappa shape index (κ3) is 3.13. The van der Waals surface area contributed by atoms with Gasteiger partial charge in [-0.25, -0.2) is 17.5 Å². The maximum atomic E-state index is 12.0. The number of imide groups is 1. The number of rotatable bonds is 2. The number of hydrogen-bond donors (Lipinski definition) is 0. The normalized spacial score (nSPS) is 15.8. The molecule has 6 nitrogen and oxygen atoms in total. The van der Waals surface area contributed by atoms with E-state index in [-0.39, 0.29) is 13.1 Å². The van der Waals surface area contributed by atoms with Crippen molar-refractivity contribution in [2.45, 2.75) is 11.8 Å². The molecule has 1 aliphatic rings. The van der Waals surface area contributed by atoms with Gasteiger partial charge in [-0.05, 0) is 30.8 Å². The number of aryl methyl sites for hydroxylation is 1. The fraction of sp³-hybridized carbons (Fsp3) is 0.333. The summed E-state index contributed by atoms with van der Waals surface area (Å²) in [4.78, 5) is 25.6. The van der Waals surface area contributed by atoms with Gasteiger partial charge < -0.3 is 0 Å². The van der Waals surface area contributed by atoms with Crippen LogP contribution >= 0.6 is 11.8 Å². The van der Waals surface area contributed by atoms with E-state index in [1.54, 1.807) is 12.1 Å². The molecule has 0 radical (unpaired) electrons. The van der Waals surface area contributed by atoms with E-state index in [0.29, 0.717) is 9.20 Å². The van der Waals surface area contributed by atoms with E-state index in [2.05, 4.69) is 0 Å². The molecule has 0 aliphatic carbocycles. The van der Waals surface area contributed by atoms with Gasteiger partial charge in [-0.15, -0.1) is 0 Å². The summed E-state index contributed by atoms with van der Waals surface area (Å²) >= 11 is 0.911. The molecule has 2 rings (SSSR count). The molecule has 1 heterocycles. The first-order valence-electron chi connectivity index (χ1n) is 5.87. The van der Waals surface area contributed by atoms with Crippen LogP contribution in [0.5, 0.6) is 0 Å². The maximum Gasteiger partial charge on any atom is 0.341 e. The summed E-state index contributed by atoms with van der Waals surface area (Å²) in [6.07, 6.45) is 0.950. The van der Waals surface area contributed by atoms with Gasteiger partial charge >= 0.3 is 6.03 Å². The number of benzene rings is 1. The second-order valence-electron chi connectivity index (χ2n) is 4.45. The SMILES string of the molecule is Cc1ccc(SC(=O)N2CCN(S(C)(=O)=O)C2=O)cc1. The summed E-state index contributed by atoms with van der Waals surface area (Å²) in [5, 5.41) is -0.468. The summed E-state index contributed by atoms with van der Waals surface area (Å²) in [7, 11) is -3.62. The topological polar surface area (TPSA) is 74.8 Å². The first kappa shape index (κ1) is 14.9. The van der Waals surface area contributed by atoms with Gasteiger partial charge in [-0.1, -0.05) is 17.7 Å². The number of thioether (sulfide) groups is 1. The summed E-state index contributed by atoms with van der Waals surface area (Å²) in [6, 6.07) is 6.52. The van der Waals surface area contributed by atoms with Gasteiger partial charge in [0.2, 0.25) is 10.0 Å². The number of urea groups is 1. The summed E-state index contributed by atoms with van der Waals surface area (Å²) < 4.78 is 23.4. The van der Waals surface area contributed by atoms with Crippen LogP contribution in [0.15, 0.2) is 29.2 Å². The number of amides is 3. The van der Waals surface area contributed by atoms with E-state index in [0.717, 1.165) is 28.5 Å². The summed E-state index contributed by atoms with van der Waals surface area (Å²) in [5.74, 6) is 0. The monoisotopic (exact) mass is 314 g/mol. The Balaban J connectivity index is 2.08. The largest absolute Gasteiger partial charge is 0.341 e. The van der Waals surface area contributed by atoms with E-state index < -0.39 is 21.3 Å². The van der Waals surface area contributed by atoms with E-state index in [1.807, 2.05) is 19.1 Å². The number of sulfonamides is 1. The smallest absolute Gasteiger partial charge is 0.261 e. The van der Waals surface area contributed by atoms with Crippen molar-refractivity contribution in [1.82, 2.24) is 9.21 Å². The Kier molecular flexibility index (Phi) is 4.05. The maximum absolute atomic E-state index is 12.0. The molecule has 20 heavy (non-hydrogen) atoms. The number of hydrogen-bond acceptors (Lipinski definition) is 5. The lowest BCUT2D eigenvalue weighted by Gasteiger charge is -2.15. The lowest BCUT2D eigenvalue weighted by Crippen LogP contribution is -2.37. The fourth-order valence-electron chi connectivity index (χ4n) is 1.76. The van der Waals surface area contributed by atoms with Gasteiger partial charge in [0.05, 0.1) is 19.3 Å². The zero-order valence-electron chi connectivity index (χ0n) is 11.1. The Morgan fingerprint density at radius 2 is 1.80 bits per heavy atom. The molecule has 8 heteroatoms. The Morgan fingerprint density at radius 3 is 2.30 bits per heavy atom. The number of carbonyl (C=O) groups is 2. The molecular formula is C12H14N2O4S2. The molecule has 0 unspecified atom stereocenters. The Labute approximate surface area is 121 Å². The van der Waals surface area contributed by atoms with Crippen molar-refractivity contribution in [3.8, 4) is 0 Å². The minimum absolute atomic E-state index is 0.0118. The zero-order chi connectivity index (χ0) is 14.9. The van der Waals surface area contributed by atoms with Crippen LogP contribution in [0.2, 0.25) is 0 Å². The van der Waals surface area contributed by atoms with Crippen LogP contribution < -0.4 is 0 Å². The second kappa shape index (κ2) is 5.45. The molecule has 0 bridgehead atoms. The van der Waals surface area contributed by atoms with Crippen molar-refractivity contribution in [1.29, 1.82) is 0 Å². The molecule has 0 spiro atoms. The predicted molar refractivity (Wildman–Crippen MR) is 76.1 cm³/mol. The van der Waals surface area contributed by atoms with Crippen LogP contribution in [-0.4, -0.2) is 48.2 Å². The number of nitrogens with zero attached hydrogens (tertiary/aromatic N) is 2. The molecule has 0 saturated carbocycles. The van der Waals surface area contributed by atoms with Gasteiger partial charge in [0.15, 0.2) is 0 Å². The van der Waals surface area contributed by atoms with Crippen molar-refractivity contribution in [2.75, 3.05) is 19.3 Å². The molecule has 108 valence electrons. The highest BCUT2D eigenvalue weighted by Crippen LogP contribution is 2.25. The fourth-order valence-corrected chi connectivity index (χ4v) is 3.30. The Morgan fingerprint density at radius 1 is 1.20 bits per heavy atom. The van der Waals surface area contributed by atoms with Gasteiger partial charge in [0.25, 0.3) is 5.24 Å². The van der Waals surface area contributed by atoms with Crippen LogP contribution in [0.3, 0.4) is 0 Å². The van der Waals surface area contributed by atoms with Crippen molar-refractivity contribution in [3.63, 3.8) is 0 Å². The first-order valence-corrected chi connectivity index (χ1v) is 8.53. The molecule has 1 aromatic carbocycles. The summed E-state index contributed by atoms with van der Waals surface area (Å²) in [5.41, 5.74) is 1.07. The van der Waals surface area contributed by atoms with Crippen molar-refractivity contribution >= 4 is 33.1 Å². The molecule has 0 atom stereocenters. The number of carbonyl (C=O) groups excluding carboxylic acids is 2. The van der Waals surface area contributed by atoms with Crippen LogP contribution in [0.4, 0.5) is 9.59 Å². The van der Waals surface area contributed by atoms with Crippen molar-refractivity contribution in [3.05, 3.63) is 29.8 Å². The van der Waals surface area contributed by atoms with E-state index in [1.165, 1.54) is 0 Å². The van der Waals surface area contributed by atoms with E-state index >= 15 is 0 Å². The molecule has 1 aromatic rings. The highest BCUT2D eigenvalue weighted by Gasteiger charge is 2.38. The molecule has 1 fully saturated rings. The van der Waals surface area contributed by atoms with E-state index in [4.69, 9.17) is 0 Å². The third-order valence-electron chi connectivity index (χ3n) is 2.82. The molecular weight excluding hydrogens is 300 g/mol. The molecule has 1 aliphatic heterocycles. The zero-order valence-corrected chi connectivity index (χ0v) is 12.7. The quantitative estimate of drug-likeness (QED) is 0.779. The van der Waals surface area contributed by atoms with Gasteiger partial charge in [-0.2, -0.15) is 0 Å². The molecule has 0 aromatic heterocycles. The molecule has 0 N–H and O–H groups in total. The highest BCUT2D eigenvalue weighted by atomic mass is 32.2. The van der Waals surface area contributed by atoms with Gasteiger partial charge in [0.1, 0.15) is 0 Å².